The lowest BCUT2D eigenvalue weighted by Gasteiger charge is -2.32. The number of rotatable bonds is 29. The minimum Gasteiger partial charge on any atom is -0.462 e. The lowest BCUT2D eigenvalue weighted by Crippen LogP contribution is -2.38. The molecule has 0 aliphatic heterocycles. The summed E-state index contributed by atoms with van der Waals surface area (Å²) in [5.74, 6) is -3.39. The third-order valence-corrected chi connectivity index (χ3v) is 6.70. The summed E-state index contributed by atoms with van der Waals surface area (Å²) in [7, 11) is 0. The average molecular weight is 725 g/mol. The summed E-state index contributed by atoms with van der Waals surface area (Å²) in [6, 6.07) is 0. The number of carbonyl (C=O) groups excluding carboxylic acids is 6. The SMILES string of the molecule is C=CC(=O)OCC(CC)(COC(=O)C=C)COC(=O)C=C.C=CC(=O)OCCOCC(CC)(COCCOC(=O)C=C)COCCOC(=O)C=C. The molecule has 0 N–H and O–H groups in total. The molecule has 0 radical (unpaired) electrons. The molecule has 0 aromatic rings. The molecular weight excluding hydrogens is 672 g/mol. The Labute approximate surface area is 299 Å². The average Bonchev–Trinajstić information content (AvgIpc) is 3.16. The van der Waals surface area contributed by atoms with E-state index >= 15 is 0 Å². The third-order valence-electron chi connectivity index (χ3n) is 6.70. The third kappa shape index (κ3) is 24.9. The fourth-order valence-electron chi connectivity index (χ4n) is 3.36. The van der Waals surface area contributed by atoms with E-state index in [0.717, 1.165) is 36.5 Å². The van der Waals surface area contributed by atoms with Crippen molar-refractivity contribution in [3.05, 3.63) is 75.9 Å². The van der Waals surface area contributed by atoms with Crippen molar-refractivity contribution in [2.24, 2.45) is 10.8 Å². The van der Waals surface area contributed by atoms with Crippen molar-refractivity contribution in [3.8, 4) is 0 Å². The minimum atomic E-state index is -0.837. The zero-order valence-electron chi connectivity index (χ0n) is 29.7. The Morgan fingerprint density at radius 2 is 0.588 bits per heavy atom. The molecule has 286 valence electrons. The van der Waals surface area contributed by atoms with Gasteiger partial charge in [0, 0.05) is 41.9 Å². The maximum atomic E-state index is 11.2. The van der Waals surface area contributed by atoms with E-state index in [4.69, 9.17) is 42.6 Å². The first-order valence-electron chi connectivity index (χ1n) is 15.8. The molecule has 0 saturated carbocycles. The van der Waals surface area contributed by atoms with Gasteiger partial charge in [-0.2, -0.15) is 0 Å². The fourth-order valence-corrected chi connectivity index (χ4v) is 3.36. The van der Waals surface area contributed by atoms with Crippen LogP contribution in [-0.2, 0) is 71.4 Å². The van der Waals surface area contributed by atoms with Gasteiger partial charge in [-0.15, -0.1) is 0 Å². The van der Waals surface area contributed by atoms with Crippen LogP contribution in [0.25, 0.3) is 0 Å². The van der Waals surface area contributed by atoms with Gasteiger partial charge in [-0.25, -0.2) is 28.8 Å². The molecule has 0 amide bonds. The highest BCUT2D eigenvalue weighted by Gasteiger charge is 2.34. The van der Waals surface area contributed by atoms with Gasteiger partial charge >= 0.3 is 35.8 Å². The predicted molar refractivity (Wildman–Crippen MR) is 185 cm³/mol. The van der Waals surface area contributed by atoms with Crippen LogP contribution in [-0.4, -0.2) is 115 Å². The number of hydrogen-bond acceptors (Lipinski definition) is 15. The van der Waals surface area contributed by atoms with E-state index in [0.29, 0.717) is 12.8 Å². The van der Waals surface area contributed by atoms with Gasteiger partial charge in [0.2, 0.25) is 0 Å². The maximum Gasteiger partial charge on any atom is 0.330 e. The molecule has 0 aromatic carbocycles. The Morgan fingerprint density at radius 3 is 0.804 bits per heavy atom. The molecule has 0 heterocycles. The first-order chi connectivity index (χ1) is 24.3. The second-order valence-electron chi connectivity index (χ2n) is 10.4. The van der Waals surface area contributed by atoms with Gasteiger partial charge in [0.25, 0.3) is 0 Å². The lowest BCUT2D eigenvalue weighted by atomic mass is 9.88. The summed E-state index contributed by atoms with van der Waals surface area (Å²) in [6.45, 7) is 25.1. The van der Waals surface area contributed by atoms with E-state index in [1.54, 1.807) is 6.92 Å². The molecule has 0 bridgehead atoms. The topological polar surface area (TPSA) is 185 Å². The fraction of sp³-hybridized carbons (Fsp3) is 0.500. The largest absolute Gasteiger partial charge is 0.462 e. The standard InChI is InChI=1S/C21H32O9.C15H20O6/c1-5-18(22)28-12-9-25-15-21(8-4,16-26-10-13-29-19(23)6-2)17-27-11-14-30-20(24)7-3;1-5-12(16)19-9-15(8-4,10-20-13(17)6-2)11-21-14(18)7-3/h5-7H,1-3,8-17H2,4H3;5-7H,1-3,8-11H2,4H3. The molecule has 0 aliphatic carbocycles. The van der Waals surface area contributed by atoms with Crippen LogP contribution >= 0.6 is 0 Å². The number of carbonyl (C=O) groups is 6. The second-order valence-corrected chi connectivity index (χ2v) is 10.4. The van der Waals surface area contributed by atoms with Gasteiger partial charge in [-0.1, -0.05) is 53.3 Å². The van der Waals surface area contributed by atoms with Crippen LogP contribution in [0.5, 0.6) is 0 Å². The summed E-state index contributed by atoms with van der Waals surface area (Å²) in [4.78, 5) is 66.7. The summed E-state index contributed by atoms with van der Waals surface area (Å²) < 4.78 is 46.5. The Balaban J connectivity index is 0. The van der Waals surface area contributed by atoms with Crippen molar-refractivity contribution >= 4 is 35.8 Å². The van der Waals surface area contributed by atoms with Gasteiger partial charge in [-0.3, -0.25) is 0 Å². The van der Waals surface area contributed by atoms with Gasteiger partial charge in [0.1, 0.15) is 39.6 Å². The van der Waals surface area contributed by atoms with Crippen LogP contribution in [0.3, 0.4) is 0 Å². The van der Waals surface area contributed by atoms with Crippen molar-refractivity contribution in [1.29, 1.82) is 0 Å². The zero-order chi connectivity index (χ0) is 39.0. The number of hydrogen-bond donors (Lipinski definition) is 0. The highest BCUT2D eigenvalue weighted by Crippen LogP contribution is 2.25. The molecule has 0 unspecified atom stereocenters. The van der Waals surface area contributed by atoms with Crippen LogP contribution in [0.15, 0.2) is 75.9 Å². The molecule has 15 nitrogen and oxygen atoms in total. The van der Waals surface area contributed by atoms with Crippen molar-refractivity contribution in [3.63, 3.8) is 0 Å². The van der Waals surface area contributed by atoms with Gasteiger partial charge < -0.3 is 42.6 Å². The molecule has 0 aromatic heterocycles. The smallest absolute Gasteiger partial charge is 0.330 e. The molecule has 0 spiro atoms. The molecule has 0 fully saturated rings. The van der Waals surface area contributed by atoms with E-state index in [1.165, 1.54) is 0 Å². The molecule has 51 heavy (non-hydrogen) atoms. The molecule has 0 rings (SSSR count). The van der Waals surface area contributed by atoms with Gasteiger partial charge in [-0.05, 0) is 12.8 Å². The Bertz CT molecular complexity index is 1020. The first kappa shape index (κ1) is 48.3. The van der Waals surface area contributed by atoms with Crippen LogP contribution in [0.1, 0.15) is 26.7 Å². The summed E-state index contributed by atoms with van der Waals surface area (Å²) in [5, 5.41) is 0. The zero-order valence-corrected chi connectivity index (χ0v) is 29.7. The number of ether oxygens (including phenoxy) is 9. The van der Waals surface area contributed by atoms with Crippen LogP contribution in [0, 0.1) is 10.8 Å². The number of esters is 6. The molecule has 0 aliphatic rings. The Kier molecular flexibility index (Phi) is 28.4. The van der Waals surface area contributed by atoms with Crippen molar-refractivity contribution in [2.45, 2.75) is 26.7 Å². The summed E-state index contributed by atoms with van der Waals surface area (Å²) in [5.41, 5.74) is -1.33. The minimum absolute atomic E-state index is 0.0802. The molecule has 0 atom stereocenters. The van der Waals surface area contributed by atoms with Gasteiger partial charge in [0.05, 0.1) is 45.1 Å². The van der Waals surface area contributed by atoms with Crippen molar-refractivity contribution in [2.75, 3.05) is 79.3 Å². The van der Waals surface area contributed by atoms with Crippen molar-refractivity contribution < 1.29 is 71.4 Å². The normalized spacial score (nSPS) is 10.5. The van der Waals surface area contributed by atoms with Crippen LogP contribution in [0.2, 0.25) is 0 Å². The molecular formula is C36H52O15. The monoisotopic (exact) mass is 724 g/mol. The van der Waals surface area contributed by atoms with Gasteiger partial charge in [0.15, 0.2) is 0 Å². The second kappa shape index (κ2) is 30.0. The first-order valence-corrected chi connectivity index (χ1v) is 15.8. The van der Waals surface area contributed by atoms with Crippen molar-refractivity contribution in [1.82, 2.24) is 0 Å². The van der Waals surface area contributed by atoms with E-state index in [1.807, 2.05) is 6.92 Å². The van der Waals surface area contributed by atoms with E-state index in [-0.39, 0.29) is 79.3 Å². The van der Waals surface area contributed by atoms with E-state index in [2.05, 4.69) is 39.5 Å². The lowest BCUT2D eigenvalue weighted by molar-refractivity contribution is -0.156. The summed E-state index contributed by atoms with van der Waals surface area (Å²) >= 11 is 0. The Morgan fingerprint density at radius 1 is 0.373 bits per heavy atom. The van der Waals surface area contributed by atoms with E-state index < -0.39 is 46.6 Å². The predicted octanol–water partition coefficient (Wildman–Crippen LogP) is 3.19. The maximum absolute atomic E-state index is 11.2. The van der Waals surface area contributed by atoms with Crippen LogP contribution in [0.4, 0.5) is 0 Å². The van der Waals surface area contributed by atoms with E-state index in [9.17, 15) is 28.8 Å². The Hall–Kier alpha value is -4.86. The molecule has 0 saturated heterocycles. The van der Waals surface area contributed by atoms with Crippen LogP contribution < -0.4 is 0 Å². The summed E-state index contributed by atoms with van der Waals surface area (Å²) in [6.07, 6.45) is 7.41. The quantitative estimate of drug-likeness (QED) is 0.0474. The molecule has 15 heteroatoms. The highest BCUT2D eigenvalue weighted by molar-refractivity contribution is 5.83. The highest BCUT2D eigenvalue weighted by atomic mass is 16.6.